The molecule has 0 aliphatic rings. The van der Waals surface area contributed by atoms with Gasteiger partial charge in [-0.1, -0.05) is 209 Å². The average Bonchev–Trinajstić information content (AvgIpc) is 3.16. The summed E-state index contributed by atoms with van der Waals surface area (Å²) in [4.78, 5) is 12.3. The first kappa shape index (κ1) is 51.1. The molecule has 4 heteroatoms. The van der Waals surface area contributed by atoms with Gasteiger partial charge in [0.1, 0.15) is 0 Å². The molecular weight excluding hydrogens is 651 g/mol. The number of unbranched alkanes of at least 4 members (excludes halogenated alkanes) is 26. The topological polar surface area (TPSA) is 69.6 Å². The fourth-order valence-corrected chi connectivity index (χ4v) is 6.72. The van der Waals surface area contributed by atoms with Crippen LogP contribution >= 0.6 is 0 Å². The lowest BCUT2D eigenvalue weighted by Gasteiger charge is -2.19. The van der Waals surface area contributed by atoms with Crippen LogP contribution in [0.4, 0.5) is 0 Å². The van der Waals surface area contributed by atoms with Gasteiger partial charge < -0.3 is 15.5 Å². The van der Waals surface area contributed by atoms with E-state index in [1.54, 1.807) is 6.08 Å². The highest BCUT2D eigenvalue weighted by Gasteiger charge is 2.17. The highest BCUT2D eigenvalue weighted by molar-refractivity contribution is 5.76. The number of allylic oxidation sites excluding steroid dienone is 9. The van der Waals surface area contributed by atoms with E-state index < -0.39 is 12.1 Å². The van der Waals surface area contributed by atoms with Gasteiger partial charge in [-0.3, -0.25) is 4.79 Å². The van der Waals surface area contributed by atoms with Crippen molar-refractivity contribution in [2.24, 2.45) is 0 Å². The summed E-state index contributed by atoms with van der Waals surface area (Å²) in [5.41, 5.74) is 0. The Morgan fingerprint density at radius 2 is 0.849 bits per heavy atom. The first-order valence-electron chi connectivity index (χ1n) is 23.0. The zero-order chi connectivity index (χ0) is 38.6. The lowest BCUT2D eigenvalue weighted by molar-refractivity contribution is -0.123. The van der Waals surface area contributed by atoms with Gasteiger partial charge in [-0.15, -0.1) is 0 Å². The lowest BCUT2D eigenvalue weighted by Crippen LogP contribution is -2.45. The number of aliphatic hydroxyl groups excluding tert-OH is 2. The van der Waals surface area contributed by atoms with Crippen molar-refractivity contribution in [2.45, 2.75) is 238 Å². The minimum absolute atomic E-state index is 0.0801. The van der Waals surface area contributed by atoms with E-state index in [0.717, 1.165) is 51.4 Å². The number of hydrogen-bond donors (Lipinski definition) is 3. The summed E-state index contributed by atoms with van der Waals surface area (Å²) in [5.74, 6) is -0.0801. The van der Waals surface area contributed by atoms with E-state index in [4.69, 9.17) is 0 Å². The molecular formula is C49H89NO3. The summed E-state index contributed by atoms with van der Waals surface area (Å²) in [5, 5.41) is 22.9. The molecule has 0 aromatic rings. The first-order chi connectivity index (χ1) is 26.2. The number of aliphatic hydroxyl groups is 2. The molecule has 0 saturated carbocycles. The Balaban J connectivity index is 3.45. The number of amides is 1. The van der Waals surface area contributed by atoms with E-state index >= 15 is 0 Å². The Bertz CT molecular complexity index is 888. The van der Waals surface area contributed by atoms with Gasteiger partial charge in [0.05, 0.1) is 18.8 Å². The van der Waals surface area contributed by atoms with Crippen molar-refractivity contribution in [3.8, 4) is 0 Å². The van der Waals surface area contributed by atoms with E-state index in [2.05, 4.69) is 67.8 Å². The Morgan fingerprint density at radius 1 is 0.472 bits per heavy atom. The average molecular weight is 740 g/mol. The quantitative estimate of drug-likeness (QED) is 0.0432. The molecule has 0 aliphatic heterocycles. The van der Waals surface area contributed by atoms with Gasteiger partial charge in [0, 0.05) is 6.42 Å². The third-order valence-corrected chi connectivity index (χ3v) is 10.2. The molecule has 53 heavy (non-hydrogen) atoms. The summed E-state index contributed by atoms with van der Waals surface area (Å²) in [7, 11) is 0. The van der Waals surface area contributed by atoms with Crippen LogP contribution in [-0.2, 0) is 4.79 Å². The smallest absolute Gasteiger partial charge is 0.220 e. The monoisotopic (exact) mass is 740 g/mol. The third-order valence-electron chi connectivity index (χ3n) is 10.2. The Kier molecular flexibility index (Phi) is 42.9. The normalized spacial score (nSPS) is 13.5. The van der Waals surface area contributed by atoms with Crippen LogP contribution in [0.25, 0.3) is 0 Å². The van der Waals surface area contributed by atoms with E-state index in [9.17, 15) is 15.0 Å². The molecule has 308 valence electrons. The van der Waals surface area contributed by atoms with Gasteiger partial charge in [-0.25, -0.2) is 0 Å². The van der Waals surface area contributed by atoms with Crippen molar-refractivity contribution >= 4 is 5.91 Å². The van der Waals surface area contributed by atoms with Gasteiger partial charge in [0.2, 0.25) is 5.91 Å². The maximum absolute atomic E-state index is 12.3. The van der Waals surface area contributed by atoms with Crippen molar-refractivity contribution in [3.63, 3.8) is 0 Å². The van der Waals surface area contributed by atoms with Crippen molar-refractivity contribution in [1.29, 1.82) is 0 Å². The molecule has 0 spiro atoms. The second-order valence-electron chi connectivity index (χ2n) is 15.4. The number of carbonyl (C=O) groups excluding carboxylic acids is 1. The highest BCUT2D eigenvalue weighted by Crippen LogP contribution is 2.15. The van der Waals surface area contributed by atoms with Crippen LogP contribution in [0, 0.1) is 0 Å². The van der Waals surface area contributed by atoms with E-state index in [1.807, 2.05) is 6.08 Å². The van der Waals surface area contributed by atoms with Crippen molar-refractivity contribution in [3.05, 3.63) is 60.8 Å². The predicted octanol–water partition coefficient (Wildman–Crippen LogP) is 14.5. The number of carbonyl (C=O) groups is 1. The number of nitrogens with one attached hydrogen (secondary N) is 1. The maximum Gasteiger partial charge on any atom is 0.220 e. The molecule has 0 radical (unpaired) electrons. The molecule has 0 fully saturated rings. The Labute approximate surface area is 330 Å². The number of rotatable bonds is 41. The minimum atomic E-state index is -0.868. The van der Waals surface area contributed by atoms with Gasteiger partial charge in [0.25, 0.3) is 0 Å². The highest BCUT2D eigenvalue weighted by atomic mass is 16.3. The largest absolute Gasteiger partial charge is 0.394 e. The van der Waals surface area contributed by atoms with Crippen LogP contribution in [0.15, 0.2) is 60.8 Å². The van der Waals surface area contributed by atoms with Gasteiger partial charge in [-0.2, -0.15) is 0 Å². The third kappa shape index (κ3) is 41.1. The molecule has 0 bridgehead atoms. The summed E-state index contributed by atoms with van der Waals surface area (Å²) in [6.45, 7) is 4.16. The summed E-state index contributed by atoms with van der Waals surface area (Å²) < 4.78 is 0. The molecule has 0 rings (SSSR count). The van der Waals surface area contributed by atoms with Gasteiger partial charge in [0.15, 0.2) is 0 Å². The molecule has 2 atom stereocenters. The number of hydrogen-bond acceptors (Lipinski definition) is 3. The SMILES string of the molecule is CC/C=C/CC/C=C/CC/C=C/C(O)C(CO)NC(=O)CCCCCCCCCCCCCCCCCCCCC/C=C\C/C=C\CCCCCCC. The summed E-state index contributed by atoms with van der Waals surface area (Å²) in [6.07, 6.45) is 62.2. The molecule has 3 N–H and O–H groups in total. The van der Waals surface area contributed by atoms with Crippen molar-refractivity contribution < 1.29 is 15.0 Å². The summed E-state index contributed by atoms with van der Waals surface area (Å²) >= 11 is 0. The van der Waals surface area contributed by atoms with Crippen LogP contribution in [0.3, 0.4) is 0 Å². The standard InChI is InChI=1S/C49H89NO3/c1-3-5-7-9-11-13-15-16-17-18-19-20-21-22-23-24-25-26-27-28-29-30-31-32-33-34-35-37-39-41-43-45-49(53)50-47(46-51)48(52)44-42-40-38-36-14-12-10-8-6-4-2/h6,8,14-16,18-19,36,42,44,47-48,51-52H,3-5,7,9-13,17,20-35,37-41,43,45-46H2,1-2H3,(H,50,53)/b8-6+,16-15-,19-18-,36-14+,44-42+. The second-order valence-corrected chi connectivity index (χ2v) is 15.4. The first-order valence-corrected chi connectivity index (χ1v) is 23.0. The lowest BCUT2D eigenvalue weighted by atomic mass is 10.0. The van der Waals surface area contributed by atoms with Crippen molar-refractivity contribution in [2.75, 3.05) is 6.61 Å². The van der Waals surface area contributed by atoms with Crippen LogP contribution in [-0.4, -0.2) is 34.9 Å². The van der Waals surface area contributed by atoms with Gasteiger partial charge >= 0.3 is 0 Å². The maximum atomic E-state index is 12.3. The zero-order valence-electron chi connectivity index (χ0n) is 35.3. The fraction of sp³-hybridized carbons (Fsp3) is 0.776. The van der Waals surface area contributed by atoms with Crippen LogP contribution in [0.5, 0.6) is 0 Å². The van der Waals surface area contributed by atoms with E-state index in [0.29, 0.717) is 6.42 Å². The Morgan fingerprint density at radius 3 is 1.28 bits per heavy atom. The molecule has 1 amide bonds. The predicted molar refractivity (Wildman–Crippen MR) is 234 cm³/mol. The molecule has 0 aliphatic carbocycles. The van der Waals surface area contributed by atoms with E-state index in [-0.39, 0.29) is 12.5 Å². The fourth-order valence-electron chi connectivity index (χ4n) is 6.72. The van der Waals surface area contributed by atoms with Crippen LogP contribution in [0.2, 0.25) is 0 Å². The van der Waals surface area contributed by atoms with Crippen molar-refractivity contribution in [1.82, 2.24) is 5.32 Å². The molecule has 0 heterocycles. The van der Waals surface area contributed by atoms with E-state index in [1.165, 1.54) is 154 Å². The zero-order valence-corrected chi connectivity index (χ0v) is 35.3. The second kappa shape index (κ2) is 44.5. The van der Waals surface area contributed by atoms with Crippen LogP contribution < -0.4 is 5.32 Å². The minimum Gasteiger partial charge on any atom is -0.394 e. The molecule has 0 aromatic heterocycles. The Hall–Kier alpha value is -1.91. The molecule has 0 aromatic carbocycles. The van der Waals surface area contributed by atoms with Gasteiger partial charge in [-0.05, 0) is 70.6 Å². The summed E-state index contributed by atoms with van der Waals surface area (Å²) in [6, 6.07) is -0.643. The van der Waals surface area contributed by atoms with Crippen LogP contribution in [0.1, 0.15) is 226 Å². The molecule has 2 unspecified atom stereocenters. The molecule has 4 nitrogen and oxygen atoms in total. The molecule has 0 saturated heterocycles.